The number of nitro groups is 1. The zero-order valence-corrected chi connectivity index (χ0v) is 12.3. The summed E-state index contributed by atoms with van der Waals surface area (Å²) in [5.41, 5.74) is -0.635. The fourth-order valence-corrected chi connectivity index (χ4v) is 1.66. The molecule has 0 aliphatic heterocycles. The molecular formula is C14H19FN2O4. The first-order valence-electron chi connectivity index (χ1n) is 6.59. The van der Waals surface area contributed by atoms with Crippen LogP contribution in [0.4, 0.5) is 15.8 Å². The van der Waals surface area contributed by atoms with Gasteiger partial charge < -0.3 is 10.1 Å². The second-order valence-corrected chi connectivity index (χ2v) is 5.54. The van der Waals surface area contributed by atoms with E-state index in [2.05, 4.69) is 5.32 Å². The number of esters is 1. The lowest BCUT2D eigenvalue weighted by Crippen LogP contribution is -2.24. The summed E-state index contributed by atoms with van der Waals surface area (Å²) in [6.45, 7) is 5.64. The maximum absolute atomic E-state index is 13.1. The van der Waals surface area contributed by atoms with Gasteiger partial charge in [-0.1, -0.05) is 0 Å². The van der Waals surface area contributed by atoms with Crippen molar-refractivity contribution in [3.63, 3.8) is 0 Å². The van der Waals surface area contributed by atoms with Crippen molar-refractivity contribution in [1.29, 1.82) is 0 Å². The topological polar surface area (TPSA) is 81.5 Å². The molecule has 0 fully saturated rings. The maximum atomic E-state index is 13.1. The molecule has 1 N–H and O–H groups in total. The molecule has 0 atom stereocenters. The Hall–Kier alpha value is -2.18. The lowest BCUT2D eigenvalue weighted by atomic mass is 10.2. The minimum atomic E-state index is -0.588. The third-order valence-electron chi connectivity index (χ3n) is 2.45. The molecule has 0 heterocycles. The van der Waals surface area contributed by atoms with Gasteiger partial charge in [-0.25, -0.2) is 4.39 Å². The molecule has 0 saturated heterocycles. The summed E-state index contributed by atoms with van der Waals surface area (Å²) >= 11 is 0. The quantitative estimate of drug-likeness (QED) is 0.377. The average molecular weight is 298 g/mol. The zero-order valence-electron chi connectivity index (χ0n) is 12.3. The van der Waals surface area contributed by atoms with E-state index in [1.54, 1.807) is 20.8 Å². The van der Waals surface area contributed by atoms with E-state index in [4.69, 9.17) is 4.74 Å². The predicted molar refractivity (Wildman–Crippen MR) is 76.6 cm³/mol. The molecule has 0 aliphatic rings. The number of benzene rings is 1. The average Bonchev–Trinajstić information content (AvgIpc) is 2.32. The number of rotatable bonds is 6. The van der Waals surface area contributed by atoms with Crippen molar-refractivity contribution in [2.24, 2.45) is 0 Å². The number of hydrogen-bond acceptors (Lipinski definition) is 5. The summed E-state index contributed by atoms with van der Waals surface area (Å²) in [7, 11) is 0. The van der Waals surface area contributed by atoms with E-state index < -0.39 is 16.3 Å². The Labute approximate surface area is 122 Å². The summed E-state index contributed by atoms with van der Waals surface area (Å²) in [6, 6.07) is 3.20. The summed E-state index contributed by atoms with van der Waals surface area (Å²) in [5.74, 6) is -0.895. The van der Waals surface area contributed by atoms with E-state index in [0.29, 0.717) is 13.0 Å². The number of halogens is 1. The van der Waals surface area contributed by atoms with E-state index in [1.807, 2.05) is 0 Å². The lowest BCUT2D eigenvalue weighted by Gasteiger charge is -2.19. The Morgan fingerprint density at radius 1 is 1.43 bits per heavy atom. The number of hydrogen-bond donors (Lipinski definition) is 1. The first kappa shape index (κ1) is 16.9. The van der Waals surface area contributed by atoms with Crippen LogP contribution in [0.2, 0.25) is 0 Å². The van der Waals surface area contributed by atoms with Gasteiger partial charge in [-0.3, -0.25) is 14.9 Å². The van der Waals surface area contributed by atoms with E-state index >= 15 is 0 Å². The van der Waals surface area contributed by atoms with Gasteiger partial charge in [0.25, 0.3) is 5.69 Å². The molecule has 0 amide bonds. The molecule has 6 nitrogen and oxygen atoms in total. The zero-order chi connectivity index (χ0) is 16.0. The van der Waals surface area contributed by atoms with Crippen molar-refractivity contribution < 1.29 is 18.8 Å². The third-order valence-corrected chi connectivity index (χ3v) is 2.45. The van der Waals surface area contributed by atoms with Gasteiger partial charge in [0.15, 0.2) is 0 Å². The lowest BCUT2D eigenvalue weighted by molar-refractivity contribution is -0.384. The molecule has 1 rings (SSSR count). The summed E-state index contributed by atoms with van der Waals surface area (Å²) in [6.07, 6.45) is 0.621. The van der Waals surface area contributed by atoms with Crippen molar-refractivity contribution in [1.82, 2.24) is 0 Å². The molecule has 0 saturated carbocycles. The second-order valence-electron chi connectivity index (χ2n) is 5.54. The molecule has 0 aliphatic carbocycles. The highest BCUT2D eigenvalue weighted by Crippen LogP contribution is 2.24. The molecule has 0 bridgehead atoms. The normalized spacial score (nSPS) is 11.0. The van der Waals surface area contributed by atoms with E-state index in [-0.39, 0.29) is 23.8 Å². The van der Waals surface area contributed by atoms with Gasteiger partial charge in [-0.05, 0) is 33.3 Å². The highest BCUT2D eigenvalue weighted by molar-refractivity contribution is 5.70. The summed E-state index contributed by atoms with van der Waals surface area (Å²) < 4.78 is 18.2. The van der Waals surface area contributed by atoms with Crippen LogP contribution in [-0.2, 0) is 9.53 Å². The van der Waals surface area contributed by atoms with Crippen molar-refractivity contribution in [3.8, 4) is 0 Å². The monoisotopic (exact) mass is 298 g/mol. The molecule has 0 unspecified atom stereocenters. The largest absolute Gasteiger partial charge is 0.460 e. The maximum Gasteiger partial charge on any atom is 0.306 e. The SMILES string of the molecule is CC(C)(C)OC(=O)CCCNc1cc(F)ccc1[N+](=O)[O-]. The number of carbonyl (C=O) groups is 1. The number of nitrogens with one attached hydrogen (secondary N) is 1. The van der Waals surface area contributed by atoms with Crippen LogP contribution >= 0.6 is 0 Å². The fraction of sp³-hybridized carbons (Fsp3) is 0.500. The summed E-state index contributed by atoms with van der Waals surface area (Å²) in [4.78, 5) is 21.7. The van der Waals surface area contributed by atoms with Gasteiger partial charge in [0.1, 0.15) is 17.1 Å². The van der Waals surface area contributed by atoms with Crippen molar-refractivity contribution in [2.75, 3.05) is 11.9 Å². The third kappa shape index (κ3) is 6.20. The van der Waals surface area contributed by atoms with Gasteiger partial charge in [-0.2, -0.15) is 0 Å². The molecule has 116 valence electrons. The van der Waals surface area contributed by atoms with E-state index in [1.165, 1.54) is 0 Å². The number of ether oxygens (including phenoxy) is 1. The number of nitro benzene ring substituents is 1. The van der Waals surface area contributed by atoms with Gasteiger partial charge in [0.05, 0.1) is 4.92 Å². The highest BCUT2D eigenvalue weighted by atomic mass is 19.1. The number of nitrogens with zero attached hydrogens (tertiary/aromatic N) is 1. The van der Waals surface area contributed by atoms with Gasteiger partial charge in [0.2, 0.25) is 0 Å². The van der Waals surface area contributed by atoms with Crippen molar-refractivity contribution >= 4 is 17.3 Å². The molecular weight excluding hydrogens is 279 g/mol. The van der Waals surface area contributed by atoms with Crippen molar-refractivity contribution in [3.05, 3.63) is 34.1 Å². The Kier molecular flexibility index (Phi) is 5.63. The van der Waals surface area contributed by atoms with Crippen LogP contribution in [-0.4, -0.2) is 23.0 Å². The van der Waals surface area contributed by atoms with Crippen molar-refractivity contribution in [2.45, 2.75) is 39.2 Å². The standard InChI is InChI=1S/C14H19FN2O4/c1-14(2,3)21-13(18)5-4-8-16-11-9-10(15)6-7-12(11)17(19)20/h6-7,9,16H,4-5,8H2,1-3H3. The summed E-state index contributed by atoms with van der Waals surface area (Å²) in [5, 5.41) is 13.6. The van der Waals surface area contributed by atoms with E-state index in [9.17, 15) is 19.3 Å². The van der Waals surface area contributed by atoms with E-state index in [0.717, 1.165) is 18.2 Å². The number of anilines is 1. The first-order valence-corrected chi connectivity index (χ1v) is 6.59. The minimum absolute atomic E-state index is 0.101. The first-order chi connectivity index (χ1) is 9.69. The predicted octanol–water partition coefficient (Wildman–Crippen LogP) is 3.27. The van der Waals surface area contributed by atoms with Crippen LogP contribution in [0.5, 0.6) is 0 Å². The molecule has 1 aromatic carbocycles. The Morgan fingerprint density at radius 3 is 2.67 bits per heavy atom. The van der Waals surface area contributed by atoms with Gasteiger partial charge in [-0.15, -0.1) is 0 Å². The van der Waals surface area contributed by atoms with Gasteiger partial charge in [0, 0.05) is 25.1 Å². The molecule has 0 radical (unpaired) electrons. The van der Waals surface area contributed by atoms with Crippen LogP contribution in [0.15, 0.2) is 18.2 Å². The van der Waals surface area contributed by atoms with Crippen LogP contribution in [0.1, 0.15) is 33.6 Å². The Balaban J connectivity index is 2.48. The van der Waals surface area contributed by atoms with Gasteiger partial charge >= 0.3 is 5.97 Å². The minimum Gasteiger partial charge on any atom is -0.460 e. The molecule has 7 heteroatoms. The second kappa shape index (κ2) is 7.01. The van der Waals surface area contributed by atoms with Crippen LogP contribution < -0.4 is 5.32 Å². The molecule has 0 aromatic heterocycles. The molecule has 1 aromatic rings. The number of carbonyl (C=O) groups excluding carboxylic acids is 1. The van der Waals surface area contributed by atoms with Crippen LogP contribution in [0.3, 0.4) is 0 Å². The molecule has 0 spiro atoms. The Morgan fingerprint density at radius 2 is 2.10 bits per heavy atom. The fourth-order valence-electron chi connectivity index (χ4n) is 1.66. The highest BCUT2D eigenvalue weighted by Gasteiger charge is 2.16. The van der Waals surface area contributed by atoms with Crippen LogP contribution in [0, 0.1) is 15.9 Å². The smallest absolute Gasteiger partial charge is 0.306 e. The van der Waals surface area contributed by atoms with Crippen LogP contribution in [0.25, 0.3) is 0 Å². The molecule has 21 heavy (non-hydrogen) atoms. The Bertz CT molecular complexity index is 526.